The molecule has 2 aliphatic heterocycles. The van der Waals surface area contributed by atoms with Gasteiger partial charge in [0.25, 0.3) is 0 Å². The Bertz CT molecular complexity index is 2090. The minimum Gasteiger partial charge on any atom is -0.508 e. The zero-order valence-corrected chi connectivity index (χ0v) is 31.7. The third kappa shape index (κ3) is 6.29. The maximum Gasteiger partial charge on any atom is 0.319 e. The SMILES string of the molecule is C#Cc1c(F)ccc2cc(O)cc(-c3nc(OC)c4c(N5CCCOCC5)nc(OC[C@]56CCCC5N(C5CC(CC)(CCC)C5)CCC6)nc4c3F)c12. The fourth-order valence-electron chi connectivity index (χ4n) is 10.4. The third-order valence-electron chi connectivity index (χ3n) is 13.1. The molecule has 2 saturated carbocycles. The molecular formula is C43H51F2N5O4. The molecule has 0 bridgehead atoms. The van der Waals surface area contributed by atoms with Gasteiger partial charge >= 0.3 is 6.01 Å². The van der Waals surface area contributed by atoms with E-state index in [2.05, 4.69) is 34.6 Å². The number of phenols is 1. The Morgan fingerprint density at radius 2 is 1.85 bits per heavy atom. The second-order valence-electron chi connectivity index (χ2n) is 16.0. The maximum absolute atomic E-state index is 17.3. The van der Waals surface area contributed by atoms with Gasteiger partial charge < -0.3 is 24.2 Å². The van der Waals surface area contributed by atoms with Crippen molar-refractivity contribution in [2.75, 3.05) is 51.5 Å². The fraction of sp³-hybridized carbons (Fsp3) is 0.558. The van der Waals surface area contributed by atoms with Crippen LogP contribution in [0.3, 0.4) is 0 Å². The number of piperidine rings is 1. The molecule has 54 heavy (non-hydrogen) atoms. The highest BCUT2D eigenvalue weighted by atomic mass is 19.1. The molecule has 4 aliphatic rings. The van der Waals surface area contributed by atoms with Crippen molar-refractivity contribution in [3.05, 3.63) is 41.5 Å². The average molecular weight is 740 g/mol. The Morgan fingerprint density at radius 1 is 1.02 bits per heavy atom. The summed E-state index contributed by atoms with van der Waals surface area (Å²) in [6.07, 6.45) is 18.5. The minimum atomic E-state index is -0.776. The van der Waals surface area contributed by atoms with E-state index in [0.717, 1.165) is 45.1 Å². The van der Waals surface area contributed by atoms with Gasteiger partial charge in [-0.25, -0.2) is 13.8 Å². The highest BCUT2D eigenvalue weighted by Crippen LogP contribution is 2.55. The summed E-state index contributed by atoms with van der Waals surface area (Å²) in [4.78, 5) is 19.2. The summed E-state index contributed by atoms with van der Waals surface area (Å²) in [7, 11) is 1.46. The Labute approximate surface area is 316 Å². The van der Waals surface area contributed by atoms with E-state index >= 15 is 8.78 Å². The van der Waals surface area contributed by atoms with Crippen LogP contribution in [0.4, 0.5) is 14.6 Å². The molecule has 1 N–H and O–H groups in total. The first-order chi connectivity index (χ1) is 26.2. The summed E-state index contributed by atoms with van der Waals surface area (Å²) in [6, 6.07) is 6.68. The van der Waals surface area contributed by atoms with Crippen LogP contribution in [-0.2, 0) is 4.74 Å². The molecule has 286 valence electrons. The monoisotopic (exact) mass is 739 g/mol. The van der Waals surface area contributed by atoms with Gasteiger partial charge in [-0.2, -0.15) is 9.97 Å². The Balaban J connectivity index is 1.21. The lowest BCUT2D eigenvalue weighted by molar-refractivity contribution is -0.0843. The van der Waals surface area contributed by atoms with Gasteiger partial charge in [0.2, 0.25) is 5.88 Å². The molecule has 2 aromatic carbocycles. The number of halogens is 2. The molecule has 0 amide bonds. The highest BCUT2D eigenvalue weighted by Gasteiger charge is 2.54. The number of pyridine rings is 1. The number of aromatic hydroxyl groups is 1. The molecule has 11 heteroatoms. The highest BCUT2D eigenvalue weighted by molar-refractivity contribution is 6.04. The number of benzene rings is 2. The summed E-state index contributed by atoms with van der Waals surface area (Å²) >= 11 is 0. The summed E-state index contributed by atoms with van der Waals surface area (Å²) < 4.78 is 50.6. The number of likely N-dealkylation sites (tertiary alicyclic amines) is 1. The van der Waals surface area contributed by atoms with Crippen LogP contribution >= 0.6 is 0 Å². The first-order valence-corrected chi connectivity index (χ1v) is 19.8. The normalized spacial score (nSPS) is 26.0. The maximum atomic E-state index is 17.3. The van der Waals surface area contributed by atoms with E-state index in [4.69, 9.17) is 30.6 Å². The quantitative estimate of drug-likeness (QED) is 0.161. The van der Waals surface area contributed by atoms with E-state index in [1.54, 1.807) is 0 Å². The summed E-state index contributed by atoms with van der Waals surface area (Å²) in [5.41, 5.74) is 0.309. The molecule has 8 rings (SSSR count). The van der Waals surface area contributed by atoms with Crippen LogP contribution in [0.15, 0.2) is 24.3 Å². The number of hydrogen-bond acceptors (Lipinski definition) is 9. The first kappa shape index (κ1) is 36.7. The molecule has 2 aromatic heterocycles. The van der Waals surface area contributed by atoms with E-state index < -0.39 is 11.6 Å². The molecule has 0 spiro atoms. The lowest BCUT2D eigenvalue weighted by Gasteiger charge is -2.57. The van der Waals surface area contributed by atoms with Crippen LogP contribution in [0.2, 0.25) is 0 Å². The molecule has 2 saturated heterocycles. The van der Waals surface area contributed by atoms with Gasteiger partial charge in [0, 0.05) is 48.1 Å². The summed E-state index contributed by atoms with van der Waals surface area (Å²) in [5, 5.41) is 11.7. The number of phenolic OH excluding ortho intramolecular Hbond substituents is 1. The van der Waals surface area contributed by atoms with Crippen molar-refractivity contribution in [2.45, 2.75) is 96.6 Å². The number of terminal acetylenes is 1. The number of hydrogen-bond donors (Lipinski definition) is 1. The van der Waals surface area contributed by atoms with Gasteiger partial charge in [-0.15, -0.1) is 6.42 Å². The van der Waals surface area contributed by atoms with Crippen molar-refractivity contribution in [1.29, 1.82) is 0 Å². The second-order valence-corrected chi connectivity index (χ2v) is 16.0. The van der Waals surface area contributed by atoms with Gasteiger partial charge in [-0.05, 0) is 86.9 Å². The van der Waals surface area contributed by atoms with Crippen molar-refractivity contribution in [3.63, 3.8) is 0 Å². The summed E-state index contributed by atoms with van der Waals surface area (Å²) in [5.74, 6) is 1.40. The topological polar surface area (TPSA) is 93.1 Å². The molecule has 4 aromatic rings. The number of ether oxygens (including phenoxy) is 3. The van der Waals surface area contributed by atoms with Crippen LogP contribution in [0.25, 0.3) is 32.9 Å². The number of nitrogens with zero attached hydrogens (tertiary/aromatic N) is 5. The molecular weight excluding hydrogens is 688 g/mol. The van der Waals surface area contributed by atoms with Gasteiger partial charge in [0.05, 0.1) is 25.9 Å². The molecule has 2 aliphatic carbocycles. The van der Waals surface area contributed by atoms with Crippen molar-refractivity contribution >= 4 is 27.5 Å². The van der Waals surface area contributed by atoms with E-state index in [0.29, 0.717) is 67.0 Å². The van der Waals surface area contributed by atoms with E-state index in [9.17, 15) is 5.11 Å². The van der Waals surface area contributed by atoms with Gasteiger partial charge in [0.1, 0.15) is 34.0 Å². The first-order valence-electron chi connectivity index (χ1n) is 19.8. The molecule has 2 atom stereocenters. The molecule has 9 nitrogen and oxygen atoms in total. The van der Waals surface area contributed by atoms with Crippen LogP contribution < -0.4 is 14.4 Å². The molecule has 4 heterocycles. The standard InChI is InChI=1S/C43H51F2N5O4/c1-5-14-42(7-3)24-28(25-42)50-18-9-16-43(15-8-11-33(43)50)26-54-41-47-38-35(39(48-41)49-17-10-20-53-21-19-49)40(52-4)46-37(36(38)45)31-23-29(51)22-27-12-13-32(44)30(6-2)34(27)31/h2,12-13,22-23,28,33,51H,5,7-11,14-21,24-26H2,1,3-4H3/t28?,33?,42?,43-/m1/s1. The Hall–Kier alpha value is -4.27. The zero-order valence-electron chi connectivity index (χ0n) is 31.7. The largest absolute Gasteiger partial charge is 0.508 e. The fourth-order valence-corrected chi connectivity index (χ4v) is 10.4. The van der Waals surface area contributed by atoms with Crippen molar-refractivity contribution < 1.29 is 28.1 Å². The van der Waals surface area contributed by atoms with Crippen molar-refractivity contribution in [3.8, 4) is 41.2 Å². The Kier molecular flexibility index (Phi) is 10.0. The van der Waals surface area contributed by atoms with Crippen LogP contribution in [0, 0.1) is 34.8 Å². The Morgan fingerprint density at radius 3 is 2.63 bits per heavy atom. The van der Waals surface area contributed by atoms with E-state index in [-0.39, 0.29) is 50.8 Å². The van der Waals surface area contributed by atoms with E-state index in [1.165, 1.54) is 63.5 Å². The zero-order chi connectivity index (χ0) is 37.6. The summed E-state index contributed by atoms with van der Waals surface area (Å²) in [6.45, 7) is 8.47. The number of fused-ring (bicyclic) bond motifs is 3. The smallest absolute Gasteiger partial charge is 0.319 e. The van der Waals surface area contributed by atoms with Crippen molar-refractivity contribution in [2.24, 2.45) is 10.8 Å². The van der Waals surface area contributed by atoms with Crippen LogP contribution in [0.5, 0.6) is 17.6 Å². The molecule has 0 radical (unpaired) electrons. The number of anilines is 1. The number of methoxy groups -OCH3 is 1. The molecule has 1 unspecified atom stereocenters. The number of rotatable bonds is 10. The van der Waals surface area contributed by atoms with Crippen LogP contribution in [-0.4, -0.2) is 83.6 Å². The molecule has 4 fully saturated rings. The van der Waals surface area contributed by atoms with Gasteiger partial charge in [-0.3, -0.25) is 4.90 Å². The average Bonchev–Trinajstić information content (AvgIpc) is 3.41. The van der Waals surface area contributed by atoms with Gasteiger partial charge in [0.15, 0.2) is 5.82 Å². The van der Waals surface area contributed by atoms with E-state index in [1.807, 2.05) is 0 Å². The minimum absolute atomic E-state index is 0.0296. The lowest BCUT2D eigenvalue weighted by Crippen LogP contribution is -2.60. The predicted octanol–water partition coefficient (Wildman–Crippen LogP) is 8.42. The van der Waals surface area contributed by atoms with Gasteiger partial charge in [-0.1, -0.05) is 45.1 Å². The lowest BCUT2D eigenvalue weighted by atomic mass is 9.60. The van der Waals surface area contributed by atoms with Crippen LogP contribution in [0.1, 0.15) is 90.0 Å². The predicted molar refractivity (Wildman–Crippen MR) is 206 cm³/mol. The van der Waals surface area contributed by atoms with Crippen molar-refractivity contribution in [1.82, 2.24) is 19.9 Å². The second kappa shape index (κ2) is 14.8. The third-order valence-corrected chi connectivity index (χ3v) is 13.1. The number of aromatic nitrogens is 3.